The van der Waals surface area contributed by atoms with Crippen molar-refractivity contribution in [2.45, 2.75) is 13.5 Å². The third-order valence-electron chi connectivity index (χ3n) is 2.33. The molecule has 0 fully saturated rings. The minimum Gasteiger partial charge on any atom is -0.325 e. The molecule has 0 atom stereocenters. The molecule has 0 aliphatic rings. The molecule has 0 saturated heterocycles. The van der Waals surface area contributed by atoms with Crippen molar-refractivity contribution in [1.29, 1.82) is 0 Å². The number of benzene rings is 1. The SMILES string of the molecule is Cc1ccc(-n2nccc2CN)cc1F. The molecule has 1 heterocycles. The first-order valence-corrected chi connectivity index (χ1v) is 4.72. The van der Waals surface area contributed by atoms with E-state index in [9.17, 15) is 4.39 Å². The molecule has 2 rings (SSSR count). The van der Waals surface area contributed by atoms with Crippen molar-refractivity contribution in [3.8, 4) is 5.69 Å². The smallest absolute Gasteiger partial charge is 0.128 e. The highest BCUT2D eigenvalue weighted by Gasteiger charge is 2.05. The maximum Gasteiger partial charge on any atom is 0.128 e. The molecule has 3 nitrogen and oxygen atoms in total. The van der Waals surface area contributed by atoms with Gasteiger partial charge < -0.3 is 5.73 Å². The summed E-state index contributed by atoms with van der Waals surface area (Å²) >= 11 is 0. The molecule has 0 aliphatic heterocycles. The lowest BCUT2D eigenvalue weighted by Crippen LogP contribution is -2.07. The lowest BCUT2D eigenvalue weighted by Gasteiger charge is -2.06. The number of hydrogen-bond donors (Lipinski definition) is 1. The van der Waals surface area contributed by atoms with Crippen molar-refractivity contribution in [1.82, 2.24) is 9.78 Å². The van der Waals surface area contributed by atoms with Crippen molar-refractivity contribution < 1.29 is 4.39 Å². The van der Waals surface area contributed by atoms with Crippen LogP contribution in [0.15, 0.2) is 30.5 Å². The van der Waals surface area contributed by atoms with Crippen LogP contribution >= 0.6 is 0 Å². The van der Waals surface area contributed by atoms with Gasteiger partial charge >= 0.3 is 0 Å². The van der Waals surface area contributed by atoms with Crippen LogP contribution in [-0.2, 0) is 6.54 Å². The van der Waals surface area contributed by atoms with E-state index in [-0.39, 0.29) is 5.82 Å². The number of aryl methyl sites for hydroxylation is 1. The van der Waals surface area contributed by atoms with Gasteiger partial charge in [0.1, 0.15) is 5.82 Å². The summed E-state index contributed by atoms with van der Waals surface area (Å²) in [7, 11) is 0. The summed E-state index contributed by atoms with van der Waals surface area (Å²) in [6.45, 7) is 2.11. The Morgan fingerprint density at radius 3 is 2.87 bits per heavy atom. The molecule has 1 aromatic carbocycles. The number of aromatic nitrogens is 2. The molecular weight excluding hydrogens is 193 g/mol. The fraction of sp³-hybridized carbons (Fsp3) is 0.182. The van der Waals surface area contributed by atoms with Gasteiger partial charge in [-0.1, -0.05) is 6.07 Å². The Balaban J connectivity index is 2.50. The van der Waals surface area contributed by atoms with Crippen LogP contribution in [0.25, 0.3) is 5.69 Å². The van der Waals surface area contributed by atoms with E-state index in [0.717, 1.165) is 5.69 Å². The Morgan fingerprint density at radius 1 is 1.40 bits per heavy atom. The summed E-state index contributed by atoms with van der Waals surface area (Å²) in [6, 6.07) is 6.83. The summed E-state index contributed by atoms with van der Waals surface area (Å²) in [5.41, 5.74) is 7.73. The summed E-state index contributed by atoms with van der Waals surface area (Å²) in [5, 5.41) is 4.10. The van der Waals surface area contributed by atoms with E-state index in [4.69, 9.17) is 5.73 Å². The van der Waals surface area contributed by atoms with E-state index in [1.165, 1.54) is 6.07 Å². The Morgan fingerprint density at radius 2 is 2.20 bits per heavy atom. The highest BCUT2D eigenvalue weighted by molar-refractivity contribution is 5.36. The summed E-state index contributed by atoms with van der Waals surface area (Å²) in [4.78, 5) is 0. The molecule has 0 saturated carbocycles. The van der Waals surface area contributed by atoms with Crippen LogP contribution in [0.1, 0.15) is 11.3 Å². The first kappa shape index (κ1) is 9.86. The molecule has 0 radical (unpaired) electrons. The minimum atomic E-state index is -0.231. The quantitative estimate of drug-likeness (QED) is 0.812. The maximum atomic E-state index is 13.3. The average Bonchev–Trinajstić information content (AvgIpc) is 2.70. The fourth-order valence-corrected chi connectivity index (χ4v) is 1.43. The van der Waals surface area contributed by atoms with Gasteiger partial charge in [0.05, 0.1) is 11.4 Å². The second kappa shape index (κ2) is 3.82. The third-order valence-corrected chi connectivity index (χ3v) is 2.33. The zero-order valence-electron chi connectivity index (χ0n) is 8.44. The second-order valence-electron chi connectivity index (χ2n) is 3.37. The highest BCUT2D eigenvalue weighted by atomic mass is 19.1. The van der Waals surface area contributed by atoms with Crippen LogP contribution in [0.4, 0.5) is 4.39 Å². The number of hydrogen-bond acceptors (Lipinski definition) is 2. The Hall–Kier alpha value is -1.68. The Kier molecular flexibility index (Phi) is 2.51. The van der Waals surface area contributed by atoms with Crippen molar-refractivity contribution in [2.24, 2.45) is 5.73 Å². The summed E-state index contributed by atoms with van der Waals surface area (Å²) < 4.78 is 15.0. The topological polar surface area (TPSA) is 43.8 Å². The second-order valence-corrected chi connectivity index (χ2v) is 3.37. The number of halogens is 1. The Bertz CT molecular complexity index is 476. The number of nitrogens with zero attached hydrogens (tertiary/aromatic N) is 2. The van der Waals surface area contributed by atoms with Crippen LogP contribution in [-0.4, -0.2) is 9.78 Å². The van der Waals surface area contributed by atoms with Crippen LogP contribution < -0.4 is 5.73 Å². The molecule has 15 heavy (non-hydrogen) atoms. The number of nitrogens with two attached hydrogens (primary N) is 1. The van der Waals surface area contributed by atoms with Crippen LogP contribution in [0.2, 0.25) is 0 Å². The van der Waals surface area contributed by atoms with E-state index in [0.29, 0.717) is 17.8 Å². The van der Waals surface area contributed by atoms with Crippen LogP contribution in [0, 0.1) is 12.7 Å². The molecule has 0 bridgehead atoms. The molecule has 0 aliphatic carbocycles. The molecule has 2 N–H and O–H groups in total. The molecule has 4 heteroatoms. The van der Waals surface area contributed by atoms with Gasteiger partial charge in [0.2, 0.25) is 0 Å². The lowest BCUT2D eigenvalue weighted by atomic mass is 10.2. The van der Waals surface area contributed by atoms with Crippen molar-refractivity contribution in [3.05, 3.63) is 47.5 Å². The molecule has 2 aromatic rings. The van der Waals surface area contributed by atoms with E-state index in [1.54, 1.807) is 23.9 Å². The van der Waals surface area contributed by atoms with Gasteiger partial charge in [-0.25, -0.2) is 9.07 Å². The molecule has 0 unspecified atom stereocenters. The molecule has 1 aromatic heterocycles. The zero-order chi connectivity index (χ0) is 10.8. The first-order chi connectivity index (χ1) is 7.22. The van der Waals surface area contributed by atoms with Gasteiger partial charge in [0.25, 0.3) is 0 Å². The summed E-state index contributed by atoms with van der Waals surface area (Å²) in [5.74, 6) is -0.231. The maximum absolute atomic E-state index is 13.3. The highest BCUT2D eigenvalue weighted by Crippen LogP contribution is 2.14. The van der Waals surface area contributed by atoms with Gasteiger partial charge in [-0.15, -0.1) is 0 Å². The van der Waals surface area contributed by atoms with Gasteiger partial charge in [-0.05, 0) is 30.7 Å². The first-order valence-electron chi connectivity index (χ1n) is 4.72. The number of rotatable bonds is 2. The fourth-order valence-electron chi connectivity index (χ4n) is 1.43. The normalized spacial score (nSPS) is 10.6. The van der Waals surface area contributed by atoms with Crippen molar-refractivity contribution >= 4 is 0 Å². The average molecular weight is 205 g/mol. The monoisotopic (exact) mass is 205 g/mol. The van der Waals surface area contributed by atoms with Gasteiger partial charge in [-0.3, -0.25) is 0 Å². The zero-order valence-corrected chi connectivity index (χ0v) is 8.44. The van der Waals surface area contributed by atoms with E-state index in [1.807, 2.05) is 12.1 Å². The van der Waals surface area contributed by atoms with E-state index >= 15 is 0 Å². The van der Waals surface area contributed by atoms with Gasteiger partial charge in [-0.2, -0.15) is 5.10 Å². The third kappa shape index (κ3) is 1.76. The molecule has 0 amide bonds. The minimum absolute atomic E-state index is 0.231. The van der Waals surface area contributed by atoms with Crippen molar-refractivity contribution in [3.63, 3.8) is 0 Å². The van der Waals surface area contributed by atoms with Gasteiger partial charge in [0, 0.05) is 12.7 Å². The Labute approximate surface area is 87.3 Å². The van der Waals surface area contributed by atoms with Gasteiger partial charge in [0.15, 0.2) is 0 Å². The predicted octanol–water partition coefficient (Wildman–Crippen LogP) is 1.78. The van der Waals surface area contributed by atoms with Crippen LogP contribution in [0.3, 0.4) is 0 Å². The van der Waals surface area contributed by atoms with Crippen molar-refractivity contribution in [2.75, 3.05) is 0 Å². The predicted molar refractivity (Wildman–Crippen MR) is 56.2 cm³/mol. The van der Waals surface area contributed by atoms with Crippen LogP contribution in [0.5, 0.6) is 0 Å². The molecule has 0 spiro atoms. The molecule has 78 valence electrons. The standard InChI is InChI=1S/C11H12FN3/c1-8-2-3-9(6-11(8)12)15-10(7-13)4-5-14-15/h2-6H,7,13H2,1H3. The lowest BCUT2D eigenvalue weighted by molar-refractivity contribution is 0.615. The summed E-state index contributed by atoms with van der Waals surface area (Å²) in [6.07, 6.45) is 1.65. The molecular formula is C11H12FN3. The van der Waals surface area contributed by atoms with E-state index in [2.05, 4.69) is 5.10 Å². The van der Waals surface area contributed by atoms with E-state index < -0.39 is 0 Å². The largest absolute Gasteiger partial charge is 0.325 e.